The van der Waals surface area contributed by atoms with Gasteiger partial charge in [0, 0.05) is 33.8 Å². The molecular weight excluding hydrogens is 296 g/mol. The van der Waals surface area contributed by atoms with Gasteiger partial charge in [0.15, 0.2) is 0 Å². The Kier molecular flexibility index (Phi) is 2.09. The second kappa shape index (κ2) is 4.06. The number of hydrogen-bond donors (Lipinski definition) is 1. The van der Waals surface area contributed by atoms with Crippen LogP contribution >= 0.6 is 0 Å². The molecule has 3 heterocycles. The number of aromatic amines is 1. The van der Waals surface area contributed by atoms with Crippen LogP contribution in [0.15, 0.2) is 47.3 Å². The molecule has 0 fully saturated rings. The van der Waals surface area contributed by atoms with E-state index in [0.29, 0.717) is 0 Å². The van der Waals surface area contributed by atoms with Crippen LogP contribution in [0.3, 0.4) is 0 Å². The fourth-order valence-corrected chi connectivity index (χ4v) is 4.40. The van der Waals surface area contributed by atoms with Crippen LogP contribution in [0, 0.1) is 0 Å². The largest absolute Gasteiger partial charge is 0.353 e. The minimum absolute atomic E-state index is 0.124. The molecule has 1 N–H and O–H groups in total. The standard InChI is InChI=1S/C21H14N2O/c24-21-16-6-3-4-12-8-9-15(18(12)16)20-19-14(10-11-23(20)21)13-5-1-2-7-17(13)22-19/h1-9,22H,10-11H2. The Morgan fingerprint density at radius 2 is 1.83 bits per heavy atom. The summed E-state index contributed by atoms with van der Waals surface area (Å²) in [4.78, 5) is 16.6. The van der Waals surface area contributed by atoms with Crippen LogP contribution in [0.2, 0.25) is 0 Å². The van der Waals surface area contributed by atoms with Crippen molar-refractivity contribution in [1.29, 1.82) is 0 Å². The van der Waals surface area contributed by atoms with Crippen molar-refractivity contribution in [2.75, 3.05) is 0 Å². The summed E-state index contributed by atoms with van der Waals surface area (Å²) < 4.78 is 1.95. The molecule has 0 saturated heterocycles. The average molecular weight is 310 g/mol. The Labute approximate surface area is 137 Å². The summed E-state index contributed by atoms with van der Waals surface area (Å²) in [6, 6.07) is 14.4. The molecule has 2 aromatic heterocycles. The first kappa shape index (κ1) is 12.4. The Morgan fingerprint density at radius 1 is 0.958 bits per heavy atom. The number of hydrogen-bond acceptors (Lipinski definition) is 1. The molecule has 3 heteroatoms. The number of nitrogens with zero attached hydrogens (tertiary/aromatic N) is 1. The zero-order valence-corrected chi connectivity index (χ0v) is 13.0. The van der Waals surface area contributed by atoms with Gasteiger partial charge in [0.25, 0.3) is 5.56 Å². The minimum Gasteiger partial charge on any atom is -0.353 e. The molecule has 2 aliphatic rings. The van der Waals surface area contributed by atoms with Crippen molar-refractivity contribution in [3.63, 3.8) is 0 Å². The van der Waals surface area contributed by atoms with Gasteiger partial charge in [0.1, 0.15) is 0 Å². The van der Waals surface area contributed by atoms with Crippen molar-refractivity contribution in [2.24, 2.45) is 0 Å². The number of rotatable bonds is 0. The Balaban J connectivity index is 1.85. The minimum atomic E-state index is 0.124. The Bertz CT molecular complexity index is 1270. The van der Waals surface area contributed by atoms with E-state index in [9.17, 15) is 4.79 Å². The highest BCUT2D eigenvalue weighted by Gasteiger charge is 2.27. The molecule has 0 saturated carbocycles. The summed E-state index contributed by atoms with van der Waals surface area (Å²) in [6.07, 6.45) is 5.17. The van der Waals surface area contributed by atoms with Crippen LogP contribution < -0.4 is 5.56 Å². The number of fused-ring (bicyclic) bond motifs is 6. The zero-order chi connectivity index (χ0) is 15.8. The summed E-state index contributed by atoms with van der Waals surface area (Å²) in [5.41, 5.74) is 7.07. The normalized spacial score (nSPS) is 14.3. The SMILES string of the molecule is O=c1c2cccc3c2c(c2n1CCc1c-2[nH]c2ccccc12)C=C3. The number of H-pyrrole nitrogens is 1. The Morgan fingerprint density at radius 3 is 2.79 bits per heavy atom. The van der Waals surface area contributed by atoms with Crippen molar-refractivity contribution in [3.05, 3.63) is 69.5 Å². The highest BCUT2D eigenvalue weighted by Crippen LogP contribution is 2.41. The molecule has 4 aromatic rings. The van der Waals surface area contributed by atoms with Gasteiger partial charge in [-0.15, -0.1) is 0 Å². The molecule has 3 nitrogen and oxygen atoms in total. The van der Waals surface area contributed by atoms with E-state index in [1.54, 1.807) is 0 Å². The van der Waals surface area contributed by atoms with Crippen LogP contribution in [-0.2, 0) is 13.0 Å². The number of aromatic nitrogens is 2. The molecular formula is C21H14N2O. The fraction of sp³-hybridized carbons (Fsp3) is 0.0952. The number of pyridine rings is 1. The first-order valence-corrected chi connectivity index (χ1v) is 8.30. The fourth-order valence-electron chi connectivity index (χ4n) is 4.40. The van der Waals surface area contributed by atoms with E-state index in [4.69, 9.17) is 0 Å². The van der Waals surface area contributed by atoms with Crippen molar-refractivity contribution < 1.29 is 0 Å². The summed E-state index contributed by atoms with van der Waals surface area (Å²) in [5, 5.41) is 3.20. The molecule has 1 aliphatic heterocycles. The number of nitrogens with one attached hydrogen (secondary N) is 1. The second-order valence-corrected chi connectivity index (χ2v) is 6.60. The van der Waals surface area contributed by atoms with Crippen molar-refractivity contribution in [3.8, 4) is 11.4 Å². The average Bonchev–Trinajstić information content (AvgIpc) is 3.21. The third-order valence-electron chi connectivity index (χ3n) is 5.43. The maximum atomic E-state index is 13.1. The van der Waals surface area contributed by atoms with Gasteiger partial charge in [0.05, 0.1) is 11.4 Å². The maximum Gasteiger partial charge on any atom is 0.259 e. The molecule has 0 amide bonds. The van der Waals surface area contributed by atoms with Crippen LogP contribution in [0.25, 0.3) is 45.2 Å². The summed E-state index contributed by atoms with van der Waals surface area (Å²) in [5.74, 6) is 0. The number of benzene rings is 2. The third kappa shape index (κ3) is 1.32. The zero-order valence-electron chi connectivity index (χ0n) is 13.0. The van der Waals surface area contributed by atoms with E-state index in [2.05, 4.69) is 47.5 Å². The van der Waals surface area contributed by atoms with E-state index in [-0.39, 0.29) is 5.56 Å². The number of aryl methyl sites for hydroxylation is 1. The van der Waals surface area contributed by atoms with Crippen molar-refractivity contribution in [2.45, 2.75) is 13.0 Å². The summed E-state index contributed by atoms with van der Waals surface area (Å²) in [7, 11) is 0. The lowest BCUT2D eigenvalue weighted by Crippen LogP contribution is -2.27. The van der Waals surface area contributed by atoms with Gasteiger partial charge in [-0.25, -0.2) is 0 Å². The number of para-hydroxylation sites is 1. The predicted molar refractivity (Wildman–Crippen MR) is 98.1 cm³/mol. The van der Waals surface area contributed by atoms with E-state index in [1.807, 2.05) is 16.7 Å². The first-order valence-electron chi connectivity index (χ1n) is 8.30. The molecule has 0 bridgehead atoms. The smallest absolute Gasteiger partial charge is 0.259 e. The van der Waals surface area contributed by atoms with E-state index in [1.165, 1.54) is 16.5 Å². The maximum absolute atomic E-state index is 13.1. The van der Waals surface area contributed by atoms with Crippen molar-refractivity contribution >= 4 is 33.8 Å². The van der Waals surface area contributed by atoms with Gasteiger partial charge >= 0.3 is 0 Å². The molecule has 1 aliphatic carbocycles. The van der Waals surface area contributed by atoms with Gasteiger partial charge < -0.3 is 9.55 Å². The highest BCUT2D eigenvalue weighted by molar-refractivity contribution is 6.08. The molecule has 0 radical (unpaired) electrons. The third-order valence-corrected chi connectivity index (χ3v) is 5.43. The van der Waals surface area contributed by atoms with E-state index in [0.717, 1.165) is 46.2 Å². The lowest BCUT2D eigenvalue weighted by molar-refractivity contribution is 0.665. The lowest BCUT2D eigenvalue weighted by atomic mass is 9.96. The predicted octanol–water partition coefficient (Wildman–Crippen LogP) is 4.19. The summed E-state index contributed by atoms with van der Waals surface area (Å²) >= 11 is 0. The topological polar surface area (TPSA) is 37.8 Å². The van der Waals surface area contributed by atoms with Gasteiger partial charge in [-0.05, 0) is 29.7 Å². The van der Waals surface area contributed by atoms with Gasteiger partial charge in [-0.2, -0.15) is 0 Å². The van der Waals surface area contributed by atoms with Crippen LogP contribution in [0.1, 0.15) is 16.7 Å². The molecule has 0 unspecified atom stereocenters. The van der Waals surface area contributed by atoms with Gasteiger partial charge in [-0.3, -0.25) is 4.79 Å². The molecule has 6 rings (SSSR count). The molecule has 24 heavy (non-hydrogen) atoms. The summed E-state index contributed by atoms with van der Waals surface area (Å²) in [6.45, 7) is 0.740. The highest BCUT2D eigenvalue weighted by atomic mass is 16.1. The Hall–Kier alpha value is -3.07. The monoisotopic (exact) mass is 310 g/mol. The van der Waals surface area contributed by atoms with Crippen LogP contribution in [0.4, 0.5) is 0 Å². The van der Waals surface area contributed by atoms with Crippen molar-refractivity contribution in [1.82, 2.24) is 9.55 Å². The first-order chi connectivity index (χ1) is 11.8. The van der Waals surface area contributed by atoms with E-state index >= 15 is 0 Å². The second-order valence-electron chi connectivity index (χ2n) is 6.60. The molecule has 2 aromatic carbocycles. The quantitative estimate of drug-likeness (QED) is 0.457. The van der Waals surface area contributed by atoms with Gasteiger partial charge in [0.2, 0.25) is 0 Å². The molecule has 114 valence electrons. The lowest BCUT2D eigenvalue weighted by Gasteiger charge is -2.22. The van der Waals surface area contributed by atoms with E-state index < -0.39 is 0 Å². The molecule has 0 spiro atoms. The van der Waals surface area contributed by atoms with Crippen LogP contribution in [-0.4, -0.2) is 9.55 Å². The van der Waals surface area contributed by atoms with Crippen LogP contribution in [0.5, 0.6) is 0 Å². The molecule has 0 atom stereocenters. The van der Waals surface area contributed by atoms with Gasteiger partial charge in [-0.1, -0.05) is 42.5 Å².